The average molecular weight is 404 g/mol. The summed E-state index contributed by atoms with van der Waals surface area (Å²) in [5.74, 6) is -2.72. The van der Waals surface area contributed by atoms with Crippen molar-refractivity contribution in [1.82, 2.24) is 0 Å². The van der Waals surface area contributed by atoms with Gasteiger partial charge in [0.1, 0.15) is 24.7 Å². The number of carboxylic acid groups (broad SMARTS) is 1. The van der Waals surface area contributed by atoms with Gasteiger partial charge in [-0.05, 0) is 23.3 Å². The zero-order chi connectivity index (χ0) is 21.3. The van der Waals surface area contributed by atoms with Gasteiger partial charge in [0, 0.05) is 6.07 Å². The Morgan fingerprint density at radius 3 is 1.87 bits per heavy atom. The van der Waals surface area contributed by atoms with Crippen LogP contribution in [0.5, 0.6) is 11.5 Å². The minimum absolute atomic E-state index is 0.132. The molecule has 0 radical (unpaired) electrons. The van der Waals surface area contributed by atoms with E-state index in [-0.39, 0.29) is 17.9 Å². The molecular formula is C24H20O6. The maximum Gasteiger partial charge on any atom is 0.372 e. The van der Waals surface area contributed by atoms with Crippen molar-refractivity contribution in [2.45, 2.75) is 19.6 Å². The fourth-order valence-electron chi connectivity index (χ4n) is 2.74. The highest BCUT2D eigenvalue weighted by Gasteiger charge is 2.21. The Balaban J connectivity index is 1.80. The van der Waals surface area contributed by atoms with E-state index >= 15 is 0 Å². The maximum absolute atomic E-state index is 12.5. The van der Waals surface area contributed by atoms with E-state index in [9.17, 15) is 14.4 Å². The van der Waals surface area contributed by atoms with E-state index in [0.717, 1.165) is 11.1 Å². The number of hydrogen-bond acceptors (Lipinski definition) is 5. The summed E-state index contributed by atoms with van der Waals surface area (Å²) in [5.41, 5.74) is 2.01. The van der Waals surface area contributed by atoms with Crippen molar-refractivity contribution in [1.29, 1.82) is 0 Å². The lowest BCUT2D eigenvalue weighted by molar-refractivity contribution is -0.148. The zero-order valence-corrected chi connectivity index (χ0v) is 16.1. The van der Waals surface area contributed by atoms with Crippen LogP contribution in [0.25, 0.3) is 0 Å². The molecule has 0 aliphatic rings. The van der Waals surface area contributed by atoms with Gasteiger partial charge in [0.15, 0.2) is 5.78 Å². The molecule has 6 nitrogen and oxygen atoms in total. The number of hydrogen-bond donors (Lipinski definition) is 1. The summed E-state index contributed by atoms with van der Waals surface area (Å²) in [6, 6.07) is 23.6. The first-order valence-electron chi connectivity index (χ1n) is 9.30. The molecule has 30 heavy (non-hydrogen) atoms. The molecule has 3 aromatic carbocycles. The van der Waals surface area contributed by atoms with E-state index in [0.29, 0.717) is 12.4 Å². The largest absolute Gasteiger partial charge is 0.489 e. The van der Waals surface area contributed by atoms with Gasteiger partial charge in [-0.3, -0.25) is 9.59 Å². The van der Waals surface area contributed by atoms with Crippen LogP contribution in [0, 0.1) is 0 Å². The lowest BCUT2D eigenvalue weighted by Gasteiger charge is -2.13. The van der Waals surface area contributed by atoms with E-state index in [1.165, 1.54) is 6.07 Å². The average Bonchev–Trinajstić information content (AvgIpc) is 2.77. The van der Waals surface area contributed by atoms with Gasteiger partial charge >= 0.3 is 5.97 Å². The van der Waals surface area contributed by atoms with Crippen molar-refractivity contribution in [2.75, 3.05) is 0 Å². The summed E-state index contributed by atoms with van der Waals surface area (Å²) in [5, 5.41) is 8.77. The zero-order valence-electron chi connectivity index (χ0n) is 16.1. The fourth-order valence-corrected chi connectivity index (χ4v) is 2.74. The van der Waals surface area contributed by atoms with Gasteiger partial charge in [0.05, 0.1) is 12.0 Å². The molecular weight excluding hydrogens is 384 g/mol. The molecule has 0 amide bonds. The molecule has 0 heterocycles. The molecule has 6 heteroatoms. The Labute approximate surface area is 173 Å². The second-order valence-electron chi connectivity index (χ2n) is 6.53. The lowest BCUT2D eigenvalue weighted by Crippen LogP contribution is -2.17. The van der Waals surface area contributed by atoms with Crippen molar-refractivity contribution in [3.63, 3.8) is 0 Å². The normalized spacial score (nSPS) is 10.3. The van der Waals surface area contributed by atoms with Crippen LogP contribution in [-0.4, -0.2) is 22.6 Å². The van der Waals surface area contributed by atoms with E-state index in [2.05, 4.69) is 0 Å². The molecule has 152 valence electrons. The highest BCUT2D eigenvalue weighted by molar-refractivity contribution is 6.37. The number of carbonyl (C=O) groups is 3. The van der Waals surface area contributed by atoms with Crippen molar-refractivity contribution >= 4 is 17.5 Å². The van der Waals surface area contributed by atoms with Gasteiger partial charge in [-0.25, -0.2) is 4.79 Å². The fraction of sp³-hybridized carbons (Fsp3) is 0.125. The standard InChI is InChI=1S/C24H20O6/c25-21(14-22(26)24(27)28)20-12-11-19(29-15-17-7-3-1-4-8-17)13-23(20)30-16-18-9-5-2-6-10-18/h1-13H,14-16H2,(H,27,28). The Kier molecular flexibility index (Phi) is 6.95. The van der Waals surface area contributed by atoms with Crippen LogP contribution in [0.4, 0.5) is 0 Å². The summed E-state index contributed by atoms with van der Waals surface area (Å²) in [6.07, 6.45) is -0.735. The molecule has 0 aliphatic carbocycles. The van der Waals surface area contributed by atoms with Gasteiger partial charge in [-0.1, -0.05) is 60.7 Å². The topological polar surface area (TPSA) is 89.9 Å². The smallest absolute Gasteiger partial charge is 0.372 e. The Morgan fingerprint density at radius 2 is 1.30 bits per heavy atom. The van der Waals surface area contributed by atoms with Gasteiger partial charge in [-0.2, -0.15) is 0 Å². The number of ether oxygens (including phenoxy) is 2. The number of carbonyl (C=O) groups excluding carboxylic acids is 2. The van der Waals surface area contributed by atoms with Crippen molar-refractivity contribution < 1.29 is 29.0 Å². The van der Waals surface area contributed by atoms with Crippen LogP contribution in [-0.2, 0) is 22.8 Å². The predicted octanol–water partition coefficient (Wildman–Crippen LogP) is 4.07. The minimum Gasteiger partial charge on any atom is -0.489 e. The molecule has 3 aromatic rings. The summed E-state index contributed by atoms with van der Waals surface area (Å²) in [7, 11) is 0. The molecule has 3 rings (SSSR count). The summed E-state index contributed by atoms with van der Waals surface area (Å²) >= 11 is 0. The molecule has 0 saturated heterocycles. The maximum atomic E-state index is 12.5. The van der Waals surface area contributed by atoms with E-state index in [1.54, 1.807) is 12.1 Å². The highest BCUT2D eigenvalue weighted by atomic mass is 16.5. The molecule has 0 atom stereocenters. The van der Waals surface area contributed by atoms with Crippen molar-refractivity contribution in [3.05, 3.63) is 95.6 Å². The van der Waals surface area contributed by atoms with Crippen LogP contribution in [0.15, 0.2) is 78.9 Å². The molecule has 0 aliphatic heterocycles. The second-order valence-corrected chi connectivity index (χ2v) is 6.53. The third-order valence-corrected chi connectivity index (χ3v) is 4.30. The number of rotatable bonds is 10. The van der Waals surface area contributed by atoms with Crippen LogP contribution < -0.4 is 9.47 Å². The van der Waals surface area contributed by atoms with Crippen LogP contribution in [0.1, 0.15) is 27.9 Å². The minimum atomic E-state index is -1.64. The molecule has 1 N–H and O–H groups in total. The van der Waals surface area contributed by atoms with E-state index in [4.69, 9.17) is 14.6 Å². The molecule has 0 fully saturated rings. The second kappa shape index (κ2) is 10.0. The van der Waals surface area contributed by atoms with Crippen molar-refractivity contribution in [2.24, 2.45) is 0 Å². The Hall–Kier alpha value is -3.93. The molecule has 0 bridgehead atoms. The first-order valence-corrected chi connectivity index (χ1v) is 9.30. The van der Waals surface area contributed by atoms with Crippen LogP contribution >= 0.6 is 0 Å². The third-order valence-electron chi connectivity index (χ3n) is 4.30. The number of aliphatic carboxylic acids is 1. The molecule has 0 saturated carbocycles. The SMILES string of the molecule is O=C(O)C(=O)CC(=O)c1ccc(OCc2ccccc2)cc1OCc1ccccc1. The number of benzene rings is 3. The quantitative estimate of drug-likeness (QED) is 0.311. The lowest BCUT2D eigenvalue weighted by atomic mass is 10.0. The molecule has 0 spiro atoms. The predicted molar refractivity (Wildman–Crippen MR) is 110 cm³/mol. The third kappa shape index (κ3) is 5.78. The van der Waals surface area contributed by atoms with Crippen LogP contribution in [0.2, 0.25) is 0 Å². The number of ketones is 2. The first kappa shape index (κ1) is 20.8. The molecule has 0 unspecified atom stereocenters. The van der Waals surface area contributed by atoms with Gasteiger partial charge in [0.25, 0.3) is 0 Å². The number of Topliss-reactive ketones (excluding diaryl/α,β-unsaturated/α-hetero) is 2. The monoisotopic (exact) mass is 404 g/mol. The van der Waals surface area contributed by atoms with Gasteiger partial charge in [-0.15, -0.1) is 0 Å². The highest BCUT2D eigenvalue weighted by Crippen LogP contribution is 2.28. The molecule has 0 aromatic heterocycles. The van der Waals surface area contributed by atoms with Gasteiger partial charge in [0.2, 0.25) is 5.78 Å². The summed E-state index contributed by atoms with van der Waals surface area (Å²) in [6.45, 7) is 0.542. The summed E-state index contributed by atoms with van der Waals surface area (Å²) in [4.78, 5) is 34.7. The van der Waals surface area contributed by atoms with Gasteiger partial charge < -0.3 is 14.6 Å². The Morgan fingerprint density at radius 1 is 0.733 bits per heavy atom. The van der Waals surface area contributed by atoms with Crippen molar-refractivity contribution in [3.8, 4) is 11.5 Å². The first-order chi connectivity index (χ1) is 14.5. The van der Waals surface area contributed by atoms with E-state index in [1.807, 2.05) is 60.7 Å². The summed E-state index contributed by atoms with van der Waals surface area (Å²) < 4.78 is 11.6. The van der Waals surface area contributed by atoms with E-state index < -0.39 is 24.0 Å². The number of carboxylic acids is 1. The van der Waals surface area contributed by atoms with Crippen LogP contribution in [0.3, 0.4) is 0 Å². The Bertz CT molecular complexity index is 1030.